The van der Waals surface area contributed by atoms with Crippen molar-refractivity contribution in [1.29, 1.82) is 0 Å². The maximum atomic E-state index is 13.4. The minimum Gasteiger partial charge on any atom is -0.378 e. The van der Waals surface area contributed by atoms with E-state index < -0.39 is 11.2 Å². The van der Waals surface area contributed by atoms with E-state index >= 15 is 0 Å². The number of halogens is 1. The predicted octanol–water partition coefficient (Wildman–Crippen LogP) is 3.99. The van der Waals surface area contributed by atoms with Crippen LogP contribution in [0.2, 0.25) is 0 Å². The smallest absolute Gasteiger partial charge is 0.251 e. The SMILES string of the molecule is CN(C)c1ccc(N2CC[C@]3(CCC[C@H](NC(=O)c4cccc(F)c4)C3)C2=O)cc1. The Labute approximate surface area is 176 Å². The van der Waals surface area contributed by atoms with Crippen molar-refractivity contribution < 1.29 is 14.0 Å². The van der Waals surface area contributed by atoms with Gasteiger partial charge >= 0.3 is 0 Å². The summed E-state index contributed by atoms with van der Waals surface area (Å²) < 4.78 is 13.4. The fraction of sp³-hybridized carbons (Fsp3) is 0.417. The van der Waals surface area contributed by atoms with Crippen LogP contribution in [0.5, 0.6) is 0 Å². The zero-order valence-corrected chi connectivity index (χ0v) is 17.5. The number of hydrogen-bond acceptors (Lipinski definition) is 3. The fourth-order valence-corrected chi connectivity index (χ4v) is 4.80. The second-order valence-corrected chi connectivity index (χ2v) is 8.68. The lowest BCUT2D eigenvalue weighted by Crippen LogP contribution is -2.46. The third-order valence-corrected chi connectivity index (χ3v) is 6.46. The van der Waals surface area contributed by atoms with Gasteiger partial charge in [-0.2, -0.15) is 0 Å². The molecule has 2 fully saturated rings. The summed E-state index contributed by atoms with van der Waals surface area (Å²) >= 11 is 0. The Bertz CT molecular complexity index is 944. The highest BCUT2D eigenvalue weighted by atomic mass is 19.1. The Morgan fingerprint density at radius 3 is 2.63 bits per heavy atom. The first-order valence-electron chi connectivity index (χ1n) is 10.5. The van der Waals surface area contributed by atoms with Gasteiger partial charge in [0.25, 0.3) is 5.91 Å². The first kappa shape index (κ1) is 20.4. The quantitative estimate of drug-likeness (QED) is 0.831. The highest BCUT2D eigenvalue weighted by molar-refractivity contribution is 6.00. The standard InChI is InChI=1S/C24H28FN3O2/c1-27(2)20-8-10-21(11-9-20)28-14-13-24(23(28)30)12-4-7-19(16-24)26-22(29)17-5-3-6-18(25)15-17/h3,5-6,8-11,15,19H,4,7,12-14,16H2,1-2H3,(H,26,29)/t19-,24-/m0/s1. The van der Waals surface area contributed by atoms with Crippen LogP contribution in [0.25, 0.3) is 0 Å². The molecule has 2 aliphatic rings. The molecule has 5 nitrogen and oxygen atoms in total. The van der Waals surface area contributed by atoms with Crippen LogP contribution in [0.3, 0.4) is 0 Å². The molecule has 1 N–H and O–H groups in total. The van der Waals surface area contributed by atoms with Crippen molar-refractivity contribution in [2.24, 2.45) is 5.41 Å². The summed E-state index contributed by atoms with van der Waals surface area (Å²) in [6, 6.07) is 13.7. The average Bonchev–Trinajstić information content (AvgIpc) is 3.03. The molecule has 2 amide bonds. The molecule has 1 saturated heterocycles. The summed E-state index contributed by atoms with van der Waals surface area (Å²) in [5.41, 5.74) is 1.92. The molecule has 0 radical (unpaired) electrons. The van der Waals surface area contributed by atoms with Crippen LogP contribution in [-0.4, -0.2) is 38.5 Å². The van der Waals surface area contributed by atoms with E-state index in [4.69, 9.17) is 0 Å². The van der Waals surface area contributed by atoms with Gasteiger partial charge in [-0.3, -0.25) is 9.59 Å². The summed E-state index contributed by atoms with van der Waals surface area (Å²) in [5, 5.41) is 3.03. The van der Waals surface area contributed by atoms with Gasteiger partial charge in [0.2, 0.25) is 5.91 Å². The number of amides is 2. The monoisotopic (exact) mass is 409 g/mol. The van der Waals surface area contributed by atoms with Crippen LogP contribution in [0, 0.1) is 11.2 Å². The molecule has 30 heavy (non-hydrogen) atoms. The third kappa shape index (κ3) is 3.91. The molecule has 1 heterocycles. The molecule has 0 aromatic heterocycles. The number of rotatable bonds is 4. The highest BCUT2D eigenvalue weighted by Gasteiger charge is 2.49. The number of hydrogen-bond donors (Lipinski definition) is 1. The molecule has 6 heteroatoms. The van der Waals surface area contributed by atoms with E-state index in [2.05, 4.69) is 5.32 Å². The summed E-state index contributed by atoms with van der Waals surface area (Å²) in [7, 11) is 3.98. The van der Waals surface area contributed by atoms with E-state index in [0.29, 0.717) is 18.5 Å². The minimum atomic E-state index is -0.426. The van der Waals surface area contributed by atoms with Gasteiger partial charge in [-0.1, -0.05) is 12.5 Å². The number of benzene rings is 2. The van der Waals surface area contributed by atoms with Crippen LogP contribution < -0.4 is 15.1 Å². The number of anilines is 2. The van der Waals surface area contributed by atoms with Crippen molar-refractivity contribution in [3.8, 4) is 0 Å². The molecular formula is C24H28FN3O2. The molecular weight excluding hydrogens is 381 g/mol. The molecule has 1 aliphatic carbocycles. The Morgan fingerprint density at radius 2 is 1.93 bits per heavy atom. The Morgan fingerprint density at radius 1 is 1.17 bits per heavy atom. The van der Waals surface area contributed by atoms with E-state index in [-0.39, 0.29) is 17.9 Å². The number of nitrogens with one attached hydrogen (secondary N) is 1. The van der Waals surface area contributed by atoms with Crippen molar-refractivity contribution in [2.45, 2.75) is 38.1 Å². The number of carbonyl (C=O) groups excluding carboxylic acids is 2. The molecule has 0 bridgehead atoms. The molecule has 1 spiro atoms. The molecule has 2 aromatic carbocycles. The van der Waals surface area contributed by atoms with Gasteiger partial charge in [0, 0.05) is 43.6 Å². The largest absolute Gasteiger partial charge is 0.378 e. The predicted molar refractivity (Wildman–Crippen MR) is 116 cm³/mol. The van der Waals surface area contributed by atoms with Gasteiger partial charge in [0.05, 0.1) is 5.41 Å². The van der Waals surface area contributed by atoms with Gasteiger partial charge in [-0.05, 0) is 68.1 Å². The van der Waals surface area contributed by atoms with Gasteiger partial charge in [0.15, 0.2) is 0 Å². The number of carbonyl (C=O) groups is 2. The summed E-state index contributed by atoms with van der Waals surface area (Å²) in [5.74, 6) is -0.549. The van der Waals surface area contributed by atoms with Crippen LogP contribution in [0.1, 0.15) is 42.5 Å². The molecule has 158 valence electrons. The van der Waals surface area contributed by atoms with Gasteiger partial charge in [-0.15, -0.1) is 0 Å². The second kappa shape index (κ2) is 8.09. The fourth-order valence-electron chi connectivity index (χ4n) is 4.80. The Hall–Kier alpha value is -2.89. The normalized spacial score (nSPS) is 23.6. The van der Waals surface area contributed by atoms with Crippen LogP contribution >= 0.6 is 0 Å². The van der Waals surface area contributed by atoms with Gasteiger partial charge < -0.3 is 15.1 Å². The lowest BCUT2D eigenvalue weighted by molar-refractivity contribution is -0.127. The van der Waals surface area contributed by atoms with Crippen molar-refractivity contribution in [2.75, 3.05) is 30.4 Å². The average molecular weight is 410 g/mol. The van der Waals surface area contributed by atoms with E-state index in [1.807, 2.05) is 48.2 Å². The molecule has 4 rings (SSSR count). The van der Waals surface area contributed by atoms with Crippen molar-refractivity contribution in [3.05, 3.63) is 59.9 Å². The van der Waals surface area contributed by atoms with Crippen molar-refractivity contribution in [1.82, 2.24) is 5.32 Å². The van der Waals surface area contributed by atoms with Gasteiger partial charge in [0.1, 0.15) is 5.82 Å². The van der Waals surface area contributed by atoms with Crippen LogP contribution in [0.4, 0.5) is 15.8 Å². The number of nitrogens with zero attached hydrogens (tertiary/aromatic N) is 2. The van der Waals surface area contributed by atoms with Crippen molar-refractivity contribution >= 4 is 23.2 Å². The zero-order valence-electron chi connectivity index (χ0n) is 17.5. The molecule has 1 aliphatic heterocycles. The first-order chi connectivity index (χ1) is 14.4. The molecule has 1 saturated carbocycles. The summed E-state index contributed by atoms with van der Waals surface area (Å²) in [6.07, 6.45) is 4.03. The third-order valence-electron chi connectivity index (χ3n) is 6.46. The molecule has 0 unspecified atom stereocenters. The zero-order chi connectivity index (χ0) is 21.3. The van der Waals surface area contributed by atoms with E-state index in [9.17, 15) is 14.0 Å². The first-order valence-corrected chi connectivity index (χ1v) is 10.5. The van der Waals surface area contributed by atoms with Gasteiger partial charge in [-0.25, -0.2) is 4.39 Å². The maximum absolute atomic E-state index is 13.4. The minimum absolute atomic E-state index is 0.0745. The van der Waals surface area contributed by atoms with E-state index in [1.54, 1.807) is 6.07 Å². The molecule has 2 atom stereocenters. The maximum Gasteiger partial charge on any atom is 0.251 e. The summed E-state index contributed by atoms with van der Waals surface area (Å²) in [4.78, 5) is 29.9. The van der Waals surface area contributed by atoms with Crippen LogP contribution in [-0.2, 0) is 4.79 Å². The highest BCUT2D eigenvalue weighted by Crippen LogP contribution is 2.46. The lowest BCUT2D eigenvalue weighted by Gasteiger charge is -2.37. The van der Waals surface area contributed by atoms with Crippen molar-refractivity contribution in [3.63, 3.8) is 0 Å². The Balaban J connectivity index is 1.45. The Kier molecular flexibility index (Phi) is 5.50. The lowest BCUT2D eigenvalue weighted by atomic mass is 9.71. The van der Waals surface area contributed by atoms with E-state index in [0.717, 1.165) is 37.1 Å². The summed E-state index contributed by atoms with van der Waals surface area (Å²) in [6.45, 7) is 0.699. The second-order valence-electron chi connectivity index (χ2n) is 8.68. The van der Waals surface area contributed by atoms with Crippen LogP contribution in [0.15, 0.2) is 48.5 Å². The topological polar surface area (TPSA) is 52.6 Å². The van der Waals surface area contributed by atoms with E-state index in [1.165, 1.54) is 18.2 Å². The molecule has 2 aromatic rings.